The molecule has 0 radical (unpaired) electrons. The van der Waals surface area contributed by atoms with Crippen molar-refractivity contribution in [3.63, 3.8) is 0 Å². The van der Waals surface area contributed by atoms with E-state index in [0.717, 1.165) is 6.42 Å². The van der Waals surface area contributed by atoms with Gasteiger partial charge in [0.15, 0.2) is 0 Å². The van der Waals surface area contributed by atoms with E-state index in [4.69, 9.17) is 6.33 Å². The van der Waals surface area contributed by atoms with Crippen molar-refractivity contribution in [3.8, 4) is 0 Å². The van der Waals surface area contributed by atoms with E-state index in [-0.39, 0.29) is 6.10 Å². The fraction of sp³-hybridized carbons (Fsp3) is 1.00. The van der Waals surface area contributed by atoms with Gasteiger partial charge in [0.2, 0.25) is 0 Å². The quantitative estimate of drug-likeness (QED) is 0.413. The van der Waals surface area contributed by atoms with Gasteiger partial charge in [-0.25, -0.2) is 0 Å². The molecule has 0 bridgehead atoms. The molecule has 28 heavy (non-hydrogen) atoms. The Kier molecular flexibility index (Phi) is 9.11. The molecule has 2 N–H and O–H groups in total. The van der Waals surface area contributed by atoms with Crippen LogP contribution >= 0.6 is 0 Å². The molecular weight excluding hydrogens is 404 g/mol. The molecule has 0 spiro atoms. The van der Waals surface area contributed by atoms with Crippen molar-refractivity contribution in [1.29, 1.82) is 0 Å². The number of hydrogen-bond donors (Lipinski definition) is 2. The van der Waals surface area contributed by atoms with Gasteiger partial charge in [0.05, 0.1) is 0 Å². The molecule has 3 saturated carbocycles. The van der Waals surface area contributed by atoms with Gasteiger partial charge in [0, 0.05) is 0 Å². The molecule has 0 aliphatic heterocycles. The van der Waals surface area contributed by atoms with Gasteiger partial charge in [-0.05, 0) is 0 Å². The third-order valence-corrected chi connectivity index (χ3v) is 18.2. The molecule has 1 atom stereocenters. The average molecular weight is 449 g/mol. The van der Waals surface area contributed by atoms with E-state index in [9.17, 15) is 7.38 Å². The van der Waals surface area contributed by atoms with Gasteiger partial charge in [-0.15, -0.1) is 0 Å². The first-order valence-corrected chi connectivity index (χ1v) is 17.1. The summed E-state index contributed by atoms with van der Waals surface area (Å²) < 4.78 is 34.8. The fourth-order valence-electron chi connectivity index (χ4n) is 6.51. The molecule has 0 aromatic heterocycles. The van der Waals surface area contributed by atoms with Gasteiger partial charge in [-0.3, -0.25) is 0 Å². The minimum absolute atomic E-state index is 0.134. The van der Waals surface area contributed by atoms with Crippen LogP contribution in [0.3, 0.4) is 0 Å². The van der Waals surface area contributed by atoms with E-state index in [1.54, 1.807) is 0 Å². The van der Waals surface area contributed by atoms with Crippen LogP contribution in [0.15, 0.2) is 0 Å². The topological polar surface area (TPSA) is 58.9 Å². The number of hydrogen-bond acceptors (Lipinski definition) is 4. The second-order valence-corrected chi connectivity index (χ2v) is 17.2. The Hall–Kier alpha value is 0.771. The second-order valence-electron chi connectivity index (χ2n) is 9.85. The van der Waals surface area contributed by atoms with Crippen molar-refractivity contribution in [2.45, 2.75) is 139 Å². The number of rotatable bonds is 8. The predicted octanol–water partition coefficient (Wildman–Crippen LogP) is 6.57. The SMILES string of the molecule is CCC(C)[O][Ti]([OH])([OH])[O][Si](C1CCCCC1)(C1CCCCC1)C1CCCCC1. The Morgan fingerprint density at radius 1 is 0.750 bits per heavy atom. The molecular formula is C22H44O4SiTi. The fourth-order valence-corrected chi connectivity index (χ4v) is 19.3. The van der Waals surface area contributed by atoms with Crippen LogP contribution in [0.5, 0.6) is 0 Å². The molecule has 6 heteroatoms. The monoisotopic (exact) mass is 448 g/mol. The van der Waals surface area contributed by atoms with Crippen molar-refractivity contribution in [2.75, 3.05) is 0 Å². The van der Waals surface area contributed by atoms with Crippen LogP contribution < -0.4 is 0 Å². The minimum atomic E-state index is -4.70. The summed E-state index contributed by atoms with van der Waals surface area (Å²) in [7, 11) is -2.35. The zero-order valence-electron chi connectivity index (χ0n) is 18.3. The summed E-state index contributed by atoms with van der Waals surface area (Å²) >= 11 is -4.70. The van der Waals surface area contributed by atoms with Crippen molar-refractivity contribution >= 4 is 8.32 Å². The third-order valence-electron chi connectivity index (χ3n) is 7.97. The third kappa shape index (κ3) is 5.72. The Bertz CT molecular complexity index is 412. The van der Waals surface area contributed by atoms with E-state index >= 15 is 0 Å². The predicted molar refractivity (Wildman–Crippen MR) is 113 cm³/mol. The summed E-state index contributed by atoms with van der Waals surface area (Å²) in [6, 6.07) is 0. The zero-order chi connectivity index (χ0) is 20.0. The summed E-state index contributed by atoms with van der Waals surface area (Å²) in [5, 5.41) is 0. The van der Waals surface area contributed by atoms with Crippen LogP contribution in [-0.2, 0) is 24.5 Å². The molecule has 1 unspecified atom stereocenters. The maximum atomic E-state index is 11.1. The summed E-state index contributed by atoms with van der Waals surface area (Å²) in [5.41, 5.74) is 1.83. The Morgan fingerprint density at radius 2 is 1.11 bits per heavy atom. The van der Waals surface area contributed by atoms with Gasteiger partial charge >= 0.3 is 179 Å². The normalized spacial score (nSPS) is 25.7. The second kappa shape index (κ2) is 10.9. The molecule has 3 rings (SSSR count). The van der Waals surface area contributed by atoms with Crippen LogP contribution in [0.2, 0.25) is 16.6 Å². The van der Waals surface area contributed by atoms with Crippen molar-refractivity contribution in [2.24, 2.45) is 0 Å². The molecule has 0 heterocycles. The first-order valence-electron chi connectivity index (χ1n) is 12.3. The summed E-state index contributed by atoms with van der Waals surface area (Å²) in [4.78, 5) is 0. The first-order chi connectivity index (χ1) is 13.5. The maximum absolute atomic E-state index is 11.1. The molecule has 0 amide bonds. The first kappa shape index (κ1) is 23.4. The molecule has 3 aliphatic rings. The van der Waals surface area contributed by atoms with Crippen molar-refractivity contribution in [1.82, 2.24) is 0 Å². The summed E-state index contributed by atoms with van der Waals surface area (Å²) in [6.07, 6.45) is 20.0. The molecule has 0 saturated heterocycles. The van der Waals surface area contributed by atoms with Gasteiger partial charge in [0.1, 0.15) is 0 Å². The van der Waals surface area contributed by atoms with Crippen LogP contribution in [0, 0.1) is 0 Å². The summed E-state index contributed by atoms with van der Waals surface area (Å²) in [6.45, 7) is 3.98. The van der Waals surface area contributed by atoms with Crippen molar-refractivity contribution in [3.05, 3.63) is 0 Å². The molecule has 3 fully saturated rings. The van der Waals surface area contributed by atoms with Crippen molar-refractivity contribution < 1.29 is 31.8 Å². The average Bonchev–Trinajstić information content (AvgIpc) is 2.73. The van der Waals surface area contributed by atoms with Crippen LogP contribution in [0.1, 0.15) is 117 Å². The van der Waals surface area contributed by atoms with E-state index in [1.807, 2.05) is 13.8 Å². The van der Waals surface area contributed by atoms with Gasteiger partial charge in [-0.1, -0.05) is 0 Å². The van der Waals surface area contributed by atoms with E-state index in [0.29, 0.717) is 16.6 Å². The Labute approximate surface area is 179 Å². The van der Waals surface area contributed by atoms with Crippen LogP contribution in [0.4, 0.5) is 0 Å². The van der Waals surface area contributed by atoms with E-state index in [2.05, 4.69) is 0 Å². The van der Waals surface area contributed by atoms with E-state index < -0.39 is 26.5 Å². The molecule has 3 aliphatic carbocycles. The van der Waals surface area contributed by atoms with Gasteiger partial charge in [0.25, 0.3) is 0 Å². The molecule has 4 nitrogen and oxygen atoms in total. The van der Waals surface area contributed by atoms with Gasteiger partial charge in [-0.2, -0.15) is 0 Å². The molecule has 0 aromatic rings. The standard InChI is InChI=1S/C18H33OSi.C4H9O.2H2O.Ti/c19-20(16-10-4-1-5-11-16,17-12-6-2-7-13-17)18-14-8-3-9-15-18;1-3-4(2)5;;;/h16-18H,1-15H2;4H,3H2,1-2H3;2*1H2;/q2*-1;;;+4/p-2. The van der Waals surface area contributed by atoms with Gasteiger partial charge < -0.3 is 0 Å². The zero-order valence-corrected chi connectivity index (χ0v) is 20.9. The van der Waals surface area contributed by atoms with Crippen LogP contribution in [0.25, 0.3) is 0 Å². The Balaban J connectivity index is 1.94. The molecule has 0 aromatic carbocycles. The van der Waals surface area contributed by atoms with Crippen LogP contribution in [-0.4, -0.2) is 21.8 Å². The van der Waals surface area contributed by atoms with E-state index in [1.165, 1.54) is 96.3 Å². The Morgan fingerprint density at radius 3 is 1.43 bits per heavy atom. The summed E-state index contributed by atoms with van der Waals surface area (Å²) in [5.74, 6) is 0. The molecule has 164 valence electrons.